The molecule has 0 aromatic heterocycles. The number of aryl methyl sites for hydroxylation is 1. The molecule has 0 fully saturated rings. The number of carbonyl (C=O) groups excluding carboxylic acids is 1. The number of amides is 1. The minimum atomic E-state index is -0.132. The number of nitrogens with zero attached hydrogens (tertiary/aromatic N) is 3. The van der Waals surface area contributed by atoms with Crippen LogP contribution in [0.15, 0.2) is 102 Å². The standard InChI is InChI=1S/C34H29N3O3/c1-23-30(34(40)37(35-23)29-7-3-2-4-8-29)21-26-13-17-31-27(20-26)6-5-19-36(31)28-15-11-24(12-16-28)9-10-25-14-18-32(38)33(39)22-25/h2-4,7-18,20-22,38-39H,5-6,19H2,1H3/b10-9+,30-21-. The van der Waals surface area contributed by atoms with Crippen molar-refractivity contribution in [1.82, 2.24) is 0 Å². The highest BCUT2D eigenvalue weighted by atomic mass is 16.3. The number of hydrogen-bond acceptors (Lipinski definition) is 5. The van der Waals surface area contributed by atoms with Crippen molar-refractivity contribution in [2.45, 2.75) is 19.8 Å². The van der Waals surface area contributed by atoms with Gasteiger partial charge in [-0.25, -0.2) is 0 Å². The fourth-order valence-corrected chi connectivity index (χ4v) is 5.17. The van der Waals surface area contributed by atoms with Crippen LogP contribution in [0.3, 0.4) is 0 Å². The van der Waals surface area contributed by atoms with Gasteiger partial charge in [0.1, 0.15) is 0 Å². The minimum Gasteiger partial charge on any atom is -0.504 e. The molecular formula is C34H29N3O3. The van der Waals surface area contributed by atoms with Crippen LogP contribution in [0.5, 0.6) is 11.5 Å². The first-order chi connectivity index (χ1) is 19.5. The summed E-state index contributed by atoms with van der Waals surface area (Å²) in [5.74, 6) is -0.370. The molecule has 6 heteroatoms. The van der Waals surface area contributed by atoms with Gasteiger partial charge in [0, 0.05) is 17.9 Å². The van der Waals surface area contributed by atoms with E-state index in [2.05, 4.69) is 52.5 Å². The zero-order chi connectivity index (χ0) is 27.6. The molecular weight excluding hydrogens is 498 g/mol. The second-order valence-electron chi connectivity index (χ2n) is 10.0. The van der Waals surface area contributed by atoms with Crippen molar-refractivity contribution in [3.8, 4) is 11.5 Å². The first kappa shape index (κ1) is 25.2. The van der Waals surface area contributed by atoms with E-state index in [1.807, 2.05) is 55.5 Å². The molecule has 2 heterocycles. The summed E-state index contributed by atoms with van der Waals surface area (Å²) in [4.78, 5) is 15.5. The topological polar surface area (TPSA) is 76.4 Å². The van der Waals surface area contributed by atoms with Crippen molar-refractivity contribution in [3.05, 3.63) is 119 Å². The first-order valence-corrected chi connectivity index (χ1v) is 13.3. The molecule has 4 aromatic carbocycles. The molecule has 1 amide bonds. The minimum absolute atomic E-state index is 0.112. The molecule has 6 nitrogen and oxygen atoms in total. The van der Waals surface area contributed by atoms with E-state index in [-0.39, 0.29) is 17.4 Å². The second-order valence-corrected chi connectivity index (χ2v) is 10.0. The summed E-state index contributed by atoms with van der Waals surface area (Å²) in [6.45, 7) is 2.81. The Balaban J connectivity index is 1.20. The van der Waals surface area contributed by atoms with Crippen LogP contribution in [-0.2, 0) is 11.2 Å². The maximum absolute atomic E-state index is 13.1. The van der Waals surface area contributed by atoms with Crippen molar-refractivity contribution in [2.75, 3.05) is 16.5 Å². The lowest BCUT2D eigenvalue weighted by Gasteiger charge is -2.31. The second kappa shape index (κ2) is 10.6. The van der Waals surface area contributed by atoms with E-state index in [1.165, 1.54) is 28.4 Å². The van der Waals surface area contributed by atoms with Crippen LogP contribution in [0.1, 0.15) is 35.6 Å². The SMILES string of the molecule is CC1=NN(c2ccccc2)C(=O)/C1=C\c1ccc2c(c1)CCCN2c1ccc(/C=C/c2ccc(O)c(O)c2)cc1. The third-order valence-corrected chi connectivity index (χ3v) is 7.27. The van der Waals surface area contributed by atoms with E-state index < -0.39 is 0 Å². The number of benzene rings is 4. The third-order valence-electron chi connectivity index (χ3n) is 7.27. The third kappa shape index (κ3) is 4.99. The van der Waals surface area contributed by atoms with Gasteiger partial charge in [-0.2, -0.15) is 10.1 Å². The van der Waals surface area contributed by atoms with E-state index in [0.29, 0.717) is 11.3 Å². The maximum Gasteiger partial charge on any atom is 0.280 e. The molecule has 2 N–H and O–H groups in total. The Bertz CT molecular complexity index is 1670. The van der Waals surface area contributed by atoms with Gasteiger partial charge in [-0.05, 0) is 96.6 Å². The summed E-state index contributed by atoms with van der Waals surface area (Å²) in [5, 5.41) is 25.2. The van der Waals surface area contributed by atoms with Crippen LogP contribution in [0, 0.1) is 0 Å². The largest absolute Gasteiger partial charge is 0.504 e. The van der Waals surface area contributed by atoms with Crippen LogP contribution in [0.4, 0.5) is 17.1 Å². The van der Waals surface area contributed by atoms with Gasteiger partial charge in [0.05, 0.1) is 17.0 Å². The van der Waals surface area contributed by atoms with Crippen LogP contribution in [0.2, 0.25) is 0 Å². The number of aromatic hydroxyl groups is 2. The normalized spacial score (nSPS) is 16.1. The number of phenols is 2. The molecule has 0 bridgehead atoms. The fourth-order valence-electron chi connectivity index (χ4n) is 5.17. The monoisotopic (exact) mass is 527 g/mol. The highest BCUT2D eigenvalue weighted by molar-refractivity contribution is 6.32. The van der Waals surface area contributed by atoms with Gasteiger partial charge in [0.15, 0.2) is 11.5 Å². The Labute approximate surface area is 233 Å². The van der Waals surface area contributed by atoms with Gasteiger partial charge in [0.2, 0.25) is 0 Å². The van der Waals surface area contributed by atoms with Gasteiger partial charge < -0.3 is 15.1 Å². The molecule has 6 rings (SSSR count). The summed E-state index contributed by atoms with van der Waals surface area (Å²) in [6, 6.07) is 29.0. The lowest BCUT2D eigenvalue weighted by atomic mass is 9.97. The number of hydrogen-bond donors (Lipinski definition) is 2. The van der Waals surface area contributed by atoms with Crippen molar-refractivity contribution in [1.29, 1.82) is 0 Å². The molecule has 0 saturated heterocycles. The van der Waals surface area contributed by atoms with Crippen LogP contribution in [0.25, 0.3) is 18.2 Å². The maximum atomic E-state index is 13.1. The summed E-state index contributed by atoms with van der Waals surface area (Å²) < 4.78 is 0. The number of carbonyl (C=O) groups is 1. The number of phenolic OH excluding ortho intramolecular Hbond substituents is 2. The summed E-state index contributed by atoms with van der Waals surface area (Å²) in [6.07, 6.45) is 7.86. The summed E-state index contributed by atoms with van der Waals surface area (Å²) in [5.41, 5.74) is 8.50. The Hall–Kier alpha value is -5.10. The molecule has 0 saturated carbocycles. The average molecular weight is 528 g/mol. The number of hydrazone groups is 1. The van der Waals surface area contributed by atoms with Gasteiger partial charge in [-0.3, -0.25) is 4.79 Å². The molecule has 0 aliphatic carbocycles. The fraction of sp³-hybridized carbons (Fsp3) is 0.118. The van der Waals surface area contributed by atoms with E-state index in [1.54, 1.807) is 6.07 Å². The zero-order valence-electron chi connectivity index (χ0n) is 22.2. The molecule has 0 radical (unpaired) electrons. The molecule has 0 atom stereocenters. The van der Waals surface area contributed by atoms with Gasteiger partial charge in [-0.1, -0.05) is 54.6 Å². The predicted octanol–water partition coefficient (Wildman–Crippen LogP) is 7.16. The Kier molecular flexibility index (Phi) is 6.66. The number of para-hydroxylation sites is 1. The average Bonchev–Trinajstić information content (AvgIpc) is 3.26. The number of fused-ring (bicyclic) bond motifs is 1. The van der Waals surface area contributed by atoms with Crippen molar-refractivity contribution in [2.24, 2.45) is 5.10 Å². The number of rotatable bonds is 5. The van der Waals surface area contributed by atoms with Crippen molar-refractivity contribution in [3.63, 3.8) is 0 Å². The zero-order valence-corrected chi connectivity index (χ0v) is 22.2. The van der Waals surface area contributed by atoms with Crippen LogP contribution in [-0.4, -0.2) is 28.4 Å². The van der Waals surface area contributed by atoms with Crippen LogP contribution < -0.4 is 9.91 Å². The van der Waals surface area contributed by atoms with Gasteiger partial charge >= 0.3 is 0 Å². The smallest absolute Gasteiger partial charge is 0.280 e. The Morgan fingerprint density at radius 3 is 2.27 bits per heavy atom. The van der Waals surface area contributed by atoms with E-state index in [0.717, 1.165) is 47.5 Å². The highest BCUT2D eigenvalue weighted by Crippen LogP contribution is 2.35. The lowest BCUT2D eigenvalue weighted by molar-refractivity contribution is -0.114. The molecule has 2 aliphatic rings. The van der Waals surface area contributed by atoms with Gasteiger partial charge in [-0.15, -0.1) is 0 Å². The van der Waals surface area contributed by atoms with Crippen molar-refractivity contribution >= 4 is 46.9 Å². The molecule has 4 aromatic rings. The van der Waals surface area contributed by atoms with E-state index in [9.17, 15) is 15.0 Å². The molecule has 40 heavy (non-hydrogen) atoms. The Morgan fingerprint density at radius 2 is 1.50 bits per heavy atom. The molecule has 0 spiro atoms. The quantitative estimate of drug-likeness (QED) is 0.164. The van der Waals surface area contributed by atoms with Crippen LogP contribution >= 0.6 is 0 Å². The van der Waals surface area contributed by atoms with Gasteiger partial charge in [0.25, 0.3) is 5.91 Å². The van der Waals surface area contributed by atoms with E-state index >= 15 is 0 Å². The molecule has 2 aliphatic heterocycles. The van der Waals surface area contributed by atoms with Crippen molar-refractivity contribution < 1.29 is 15.0 Å². The summed E-state index contributed by atoms with van der Waals surface area (Å²) in [7, 11) is 0. The van der Waals surface area contributed by atoms with E-state index in [4.69, 9.17) is 0 Å². The Morgan fingerprint density at radius 1 is 0.775 bits per heavy atom. The molecule has 198 valence electrons. The predicted molar refractivity (Wildman–Crippen MR) is 162 cm³/mol. The summed E-state index contributed by atoms with van der Waals surface area (Å²) >= 11 is 0. The first-order valence-electron chi connectivity index (χ1n) is 13.3. The highest BCUT2D eigenvalue weighted by Gasteiger charge is 2.28. The lowest BCUT2D eigenvalue weighted by Crippen LogP contribution is -2.24. The molecule has 0 unspecified atom stereocenters. The number of anilines is 3.